The van der Waals surface area contributed by atoms with E-state index in [1.54, 1.807) is 0 Å². The maximum Gasteiger partial charge on any atom is 0.338 e. The van der Waals surface area contributed by atoms with Crippen molar-refractivity contribution in [2.24, 2.45) is 5.41 Å². The van der Waals surface area contributed by atoms with E-state index in [0.717, 1.165) is 16.2 Å². The number of pyridine rings is 1. The van der Waals surface area contributed by atoms with Crippen molar-refractivity contribution >= 4 is 29.0 Å². The third-order valence-electron chi connectivity index (χ3n) is 7.70. The molecular weight excluding hydrogens is 556 g/mol. The van der Waals surface area contributed by atoms with E-state index >= 15 is 0 Å². The van der Waals surface area contributed by atoms with E-state index < -0.39 is 22.7 Å². The largest absolute Gasteiger partial charge is 0.385 e. The molecule has 8 nitrogen and oxygen atoms in total. The molecule has 1 N–H and O–H groups in total. The van der Waals surface area contributed by atoms with Crippen LogP contribution >= 0.6 is 23.2 Å². The first-order chi connectivity index (χ1) is 19.1. The molecule has 4 aromatic rings. The molecule has 40 heavy (non-hydrogen) atoms. The van der Waals surface area contributed by atoms with Gasteiger partial charge in [0.25, 0.3) is 5.56 Å². The molecule has 2 aromatic heterocycles. The molecule has 0 amide bonds. The van der Waals surface area contributed by atoms with Crippen LogP contribution < -0.4 is 16.1 Å². The Morgan fingerprint density at radius 2 is 1.77 bits per heavy atom. The Bertz CT molecular complexity index is 1800. The molecule has 2 aliphatic rings. The van der Waals surface area contributed by atoms with Gasteiger partial charge in [-0.05, 0) is 42.2 Å². The monoisotopic (exact) mass is 577 g/mol. The fraction of sp³-hybridized carbons (Fsp3) is 0.241. The Balaban J connectivity index is 1.48. The second-order valence-electron chi connectivity index (χ2n) is 10.5. The maximum absolute atomic E-state index is 14.1. The van der Waals surface area contributed by atoms with Crippen molar-refractivity contribution in [2.75, 3.05) is 18.0 Å². The zero-order valence-electron chi connectivity index (χ0n) is 21.0. The van der Waals surface area contributed by atoms with Gasteiger partial charge in [0.15, 0.2) is 0 Å². The molecular formula is C29H22Cl2FN5O3. The van der Waals surface area contributed by atoms with Crippen LogP contribution in [0.3, 0.4) is 0 Å². The van der Waals surface area contributed by atoms with Crippen LogP contribution in [0.15, 0.2) is 76.6 Å². The summed E-state index contributed by atoms with van der Waals surface area (Å²) in [6, 6.07) is 16.8. The first kappa shape index (κ1) is 26.3. The van der Waals surface area contributed by atoms with Gasteiger partial charge in [-0.25, -0.2) is 13.8 Å². The molecule has 0 unspecified atom stereocenters. The number of aromatic nitrogens is 3. The second-order valence-corrected chi connectivity index (χ2v) is 11.3. The van der Waals surface area contributed by atoms with E-state index in [1.165, 1.54) is 35.2 Å². The number of halogens is 3. The number of nitrogens with zero attached hydrogens (tertiary/aromatic N) is 5. The lowest BCUT2D eigenvalue weighted by Crippen LogP contribution is -2.68. The Kier molecular flexibility index (Phi) is 6.30. The molecule has 2 fully saturated rings. The summed E-state index contributed by atoms with van der Waals surface area (Å²) in [6.45, 7) is 0.566. The summed E-state index contributed by atoms with van der Waals surface area (Å²) >= 11 is 12.2. The summed E-state index contributed by atoms with van der Waals surface area (Å²) < 4.78 is 16.2. The van der Waals surface area contributed by atoms with Gasteiger partial charge in [-0.2, -0.15) is 5.26 Å². The second kappa shape index (κ2) is 9.59. The first-order valence-electron chi connectivity index (χ1n) is 12.5. The number of hydrogen-bond donors (Lipinski definition) is 1. The van der Waals surface area contributed by atoms with Gasteiger partial charge in [-0.3, -0.25) is 14.3 Å². The zero-order valence-corrected chi connectivity index (χ0v) is 22.5. The first-order valence-corrected chi connectivity index (χ1v) is 13.3. The molecule has 202 valence electrons. The van der Waals surface area contributed by atoms with Crippen molar-refractivity contribution in [3.8, 4) is 22.9 Å². The standard InChI is InChI=1S/C29H22Cl2FN5O3/c30-20-11-21(13-34-12-20)37-26(38)24(18-6-7-23(32)22(31)10-18)25(36(9-8-33)27(37)39)35-16-28(17-35)14-29(40,15-28)19-4-2-1-3-5-19/h1-7,10-13,40H,9,14-17H2. The fourth-order valence-corrected chi connectivity index (χ4v) is 6.46. The number of nitriles is 1. The van der Waals surface area contributed by atoms with Gasteiger partial charge < -0.3 is 10.0 Å². The van der Waals surface area contributed by atoms with Crippen molar-refractivity contribution in [1.82, 2.24) is 14.1 Å². The summed E-state index contributed by atoms with van der Waals surface area (Å²) in [5, 5.41) is 20.9. The molecule has 0 radical (unpaired) electrons. The van der Waals surface area contributed by atoms with E-state index in [9.17, 15) is 24.3 Å². The van der Waals surface area contributed by atoms with E-state index in [2.05, 4.69) is 4.98 Å². The topological polar surface area (TPSA) is 104 Å². The van der Waals surface area contributed by atoms with Crippen LogP contribution in [0.2, 0.25) is 10.0 Å². The minimum Gasteiger partial charge on any atom is -0.385 e. The van der Waals surface area contributed by atoms with Gasteiger partial charge in [-0.1, -0.05) is 59.6 Å². The number of rotatable bonds is 5. The maximum atomic E-state index is 14.1. The molecule has 1 aliphatic carbocycles. The lowest BCUT2D eigenvalue weighted by Gasteiger charge is -2.63. The highest BCUT2D eigenvalue weighted by atomic mass is 35.5. The smallest absolute Gasteiger partial charge is 0.338 e. The minimum atomic E-state index is -0.948. The number of hydrogen-bond acceptors (Lipinski definition) is 6. The summed E-state index contributed by atoms with van der Waals surface area (Å²) in [4.78, 5) is 33.6. The van der Waals surface area contributed by atoms with Gasteiger partial charge >= 0.3 is 5.69 Å². The van der Waals surface area contributed by atoms with Gasteiger partial charge in [0.05, 0.1) is 39.2 Å². The highest BCUT2D eigenvalue weighted by Crippen LogP contribution is 2.59. The summed E-state index contributed by atoms with van der Waals surface area (Å²) in [5.74, 6) is -0.416. The van der Waals surface area contributed by atoms with Gasteiger partial charge in [0, 0.05) is 24.7 Å². The van der Waals surface area contributed by atoms with Gasteiger partial charge in [-0.15, -0.1) is 0 Å². The van der Waals surface area contributed by atoms with Gasteiger partial charge in [0.1, 0.15) is 18.2 Å². The van der Waals surface area contributed by atoms with Crippen molar-refractivity contribution in [2.45, 2.75) is 25.0 Å². The van der Waals surface area contributed by atoms with Crippen LogP contribution in [0.4, 0.5) is 10.2 Å². The normalized spacial score (nSPS) is 16.7. The Labute approximate surface area is 238 Å². The number of benzene rings is 2. The Hall–Kier alpha value is -3.97. The van der Waals surface area contributed by atoms with Crippen molar-refractivity contribution in [3.05, 3.63) is 109 Å². The van der Waals surface area contributed by atoms with Crippen molar-refractivity contribution in [3.63, 3.8) is 0 Å². The quantitative estimate of drug-likeness (QED) is 0.374. The van der Waals surface area contributed by atoms with Crippen molar-refractivity contribution in [1.29, 1.82) is 5.26 Å². The number of anilines is 1. The predicted octanol–water partition coefficient (Wildman–Crippen LogP) is 4.52. The van der Waals surface area contributed by atoms with Crippen LogP contribution in [0.1, 0.15) is 18.4 Å². The lowest BCUT2D eigenvalue weighted by atomic mass is 9.53. The lowest BCUT2D eigenvalue weighted by molar-refractivity contribution is -0.146. The summed E-state index contributed by atoms with van der Waals surface area (Å²) in [6.07, 6.45) is 3.73. The summed E-state index contributed by atoms with van der Waals surface area (Å²) in [5.41, 5.74) is -1.24. The molecule has 6 rings (SSSR count). The average Bonchev–Trinajstić information content (AvgIpc) is 2.89. The molecule has 3 heterocycles. The third-order valence-corrected chi connectivity index (χ3v) is 8.20. The van der Waals surface area contributed by atoms with E-state index in [4.69, 9.17) is 23.2 Å². The molecule has 2 aromatic carbocycles. The SMILES string of the molecule is N#CCn1c(N2CC3(C2)CC(O)(c2ccccc2)C3)c(-c2ccc(F)c(Cl)c2)c(=O)n(-c2cncc(Cl)c2)c1=O. The van der Waals surface area contributed by atoms with Crippen LogP contribution in [0.25, 0.3) is 16.8 Å². The van der Waals surface area contributed by atoms with Crippen LogP contribution in [0.5, 0.6) is 0 Å². The van der Waals surface area contributed by atoms with Crippen molar-refractivity contribution < 1.29 is 9.50 Å². The molecule has 1 spiro atoms. The molecule has 0 bridgehead atoms. The van der Waals surface area contributed by atoms with Crippen LogP contribution in [-0.2, 0) is 12.1 Å². The summed E-state index contributed by atoms with van der Waals surface area (Å²) in [7, 11) is 0. The van der Waals surface area contributed by atoms with Crippen LogP contribution in [0, 0.1) is 22.6 Å². The Morgan fingerprint density at radius 1 is 1.05 bits per heavy atom. The van der Waals surface area contributed by atoms with E-state index in [-0.39, 0.29) is 44.6 Å². The van der Waals surface area contributed by atoms with Crippen LogP contribution in [-0.4, -0.2) is 32.3 Å². The molecule has 0 atom stereocenters. The number of aliphatic hydroxyl groups is 1. The fourth-order valence-electron chi connectivity index (χ4n) is 6.12. The minimum absolute atomic E-state index is 0.0872. The zero-order chi connectivity index (χ0) is 28.2. The Morgan fingerprint density at radius 3 is 2.42 bits per heavy atom. The molecule has 1 saturated heterocycles. The van der Waals surface area contributed by atoms with Gasteiger partial charge in [0.2, 0.25) is 0 Å². The highest BCUT2D eigenvalue weighted by molar-refractivity contribution is 6.31. The average molecular weight is 578 g/mol. The van der Waals surface area contributed by atoms with E-state index in [1.807, 2.05) is 41.3 Å². The molecule has 11 heteroatoms. The molecule has 1 aliphatic heterocycles. The highest BCUT2D eigenvalue weighted by Gasteiger charge is 2.60. The third kappa shape index (κ3) is 4.20. The molecule has 1 saturated carbocycles. The van der Waals surface area contributed by atoms with E-state index in [0.29, 0.717) is 25.9 Å². The predicted molar refractivity (Wildman–Crippen MR) is 149 cm³/mol.